The molecule has 12 nitrogen and oxygen atoms in total. The molecular weight excluding hydrogens is 564 g/mol. The van der Waals surface area contributed by atoms with Crippen LogP contribution in [-0.4, -0.2) is 50.1 Å². The lowest BCUT2D eigenvalue weighted by Crippen LogP contribution is -2.36. The van der Waals surface area contributed by atoms with Crippen LogP contribution in [0.15, 0.2) is 53.8 Å². The molecule has 1 amide bonds. The Balaban J connectivity index is 1.60. The van der Waals surface area contributed by atoms with Gasteiger partial charge in [-0.3, -0.25) is 10.3 Å². The third-order valence-corrected chi connectivity index (χ3v) is 5.53. The highest BCUT2D eigenvalue weighted by molar-refractivity contribution is 6.30. The van der Waals surface area contributed by atoms with Gasteiger partial charge in [0.2, 0.25) is 5.96 Å². The number of benzene rings is 1. The molecule has 0 radical (unpaired) electrons. The van der Waals surface area contributed by atoms with Crippen LogP contribution in [0.2, 0.25) is 5.02 Å². The number of guanidine groups is 1. The maximum Gasteiger partial charge on any atom is 0.513 e. The summed E-state index contributed by atoms with van der Waals surface area (Å²) in [5.41, 5.74) is 0.128. The van der Waals surface area contributed by atoms with Gasteiger partial charge in [-0.05, 0) is 70.7 Å². The number of nitrogens with zero attached hydrogens (tertiary/aromatic N) is 3. The number of carbonyl (C=O) groups is 2. The van der Waals surface area contributed by atoms with Crippen molar-refractivity contribution in [3.05, 3.63) is 53.8 Å². The van der Waals surface area contributed by atoms with Crippen molar-refractivity contribution in [2.45, 2.75) is 65.2 Å². The molecular formula is C29H40ClN6O6+. The van der Waals surface area contributed by atoms with E-state index in [1.807, 2.05) is 18.3 Å². The Morgan fingerprint density at radius 1 is 0.976 bits per heavy atom. The smallest absolute Gasteiger partial charge is 0.494 e. The van der Waals surface area contributed by atoms with Crippen molar-refractivity contribution in [3.63, 3.8) is 0 Å². The lowest BCUT2D eigenvalue weighted by molar-refractivity contribution is -0.727. The third-order valence-electron chi connectivity index (χ3n) is 5.27. The summed E-state index contributed by atoms with van der Waals surface area (Å²) in [7, 11) is 0. The fourth-order valence-corrected chi connectivity index (χ4v) is 3.43. The van der Waals surface area contributed by atoms with Crippen LogP contribution >= 0.6 is 11.6 Å². The first-order valence-electron chi connectivity index (χ1n) is 13.7. The minimum atomic E-state index is -0.816. The monoisotopic (exact) mass is 603 g/mol. The Morgan fingerprint density at radius 3 is 2.38 bits per heavy atom. The molecule has 0 saturated carbocycles. The first-order valence-corrected chi connectivity index (χ1v) is 14.1. The van der Waals surface area contributed by atoms with Crippen molar-refractivity contribution in [1.82, 2.24) is 10.6 Å². The summed E-state index contributed by atoms with van der Waals surface area (Å²) < 4.78 is 22.5. The number of carbonyl (C=O) groups excluding carboxylic acids is 2. The number of anilines is 1. The average Bonchev–Trinajstić information content (AvgIpc) is 2.94. The summed E-state index contributed by atoms with van der Waals surface area (Å²) >= 11 is 5.87. The van der Waals surface area contributed by atoms with Gasteiger partial charge < -0.3 is 29.6 Å². The molecule has 0 spiro atoms. The fourth-order valence-electron chi connectivity index (χ4n) is 3.31. The van der Waals surface area contributed by atoms with Gasteiger partial charge in [0.05, 0.1) is 18.9 Å². The summed E-state index contributed by atoms with van der Waals surface area (Å²) in [5, 5.41) is 17.9. The zero-order valence-electron chi connectivity index (χ0n) is 24.4. The number of aliphatic imine (C=N–C) groups is 1. The predicted molar refractivity (Wildman–Crippen MR) is 158 cm³/mol. The number of nitrogens with one attached hydrogen (secondary N) is 3. The number of unbranched alkanes of at least 4 members (excludes halogenated alkanes) is 3. The molecule has 42 heavy (non-hydrogen) atoms. The summed E-state index contributed by atoms with van der Waals surface area (Å²) in [6.45, 7) is 6.89. The zero-order valence-corrected chi connectivity index (χ0v) is 25.1. The van der Waals surface area contributed by atoms with E-state index < -0.39 is 17.8 Å². The van der Waals surface area contributed by atoms with Crippen LogP contribution in [0.3, 0.4) is 0 Å². The van der Waals surface area contributed by atoms with Gasteiger partial charge >= 0.3 is 12.2 Å². The van der Waals surface area contributed by atoms with Crippen LogP contribution in [0.1, 0.15) is 52.9 Å². The molecule has 0 aliphatic rings. The normalized spacial score (nSPS) is 11.2. The Kier molecular flexibility index (Phi) is 15.4. The average molecular weight is 604 g/mol. The molecule has 0 atom stereocenters. The van der Waals surface area contributed by atoms with Gasteiger partial charge in [0.1, 0.15) is 11.4 Å². The summed E-state index contributed by atoms with van der Waals surface area (Å²) in [5.74, 6) is 1.16. The van der Waals surface area contributed by atoms with E-state index in [9.17, 15) is 9.59 Å². The maximum atomic E-state index is 11.8. The van der Waals surface area contributed by atoms with Gasteiger partial charge in [0, 0.05) is 30.2 Å². The van der Waals surface area contributed by atoms with E-state index in [4.69, 9.17) is 35.8 Å². The lowest BCUT2D eigenvalue weighted by Gasteiger charge is -2.19. The summed E-state index contributed by atoms with van der Waals surface area (Å²) in [6, 6.07) is 10.8. The number of ether oxygens (including phenoxy) is 4. The molecule has 1 aromatic heterocycles. The van der Waals surface area contributed by atoms with E-state index in [-0.39, 0.29) is 13.3 Å². The number of amides is 1. The number of rotatable bonds is 15. The number of halogens is 1. The van der Waals surface area contributed by atoms with E-state index in [0.717, 1.165) is 31.4 Å². The molecule has 2 rings (SSSR count). The highest BCUT2D eigenvalue weighted by atomic mass is 35.5. The minimum absolute atomic E-state index is 0.0442. The van der Waals surface area contributed by atoms with Gasteiger partial charge in [-0.1, -0.05) is 18.0 Å². The van der Waals surface area contributed by atoms with Crippen molar-refractivity contribution in [2.75, 3.05) is 31.6 Å². The molecule has 228 valence electrons. The van der Waals surface area contributed by atoms with E-state index in [1.54, 1.807) is 62.0 Å². The second-order valence-electron chi connectivity index (χ2n) is 10.1. The molecule has 0 bridgehead atoms. The van der Waals surface area contributed by atoms with Crippen molar-refractivity contribution < 1.29 is 33.1 Å². The first kappa shape index (κ1) is 34.0. The fraction of sp³-hybridized carbons (Fsp3) is 0.483. The van der Waals surface area contributed by atoms with Gasteiger partial charge in [-0.15, -0.1) is 0 Å². The number of nitriles is 1. The zero-order chi connectivity index (χ0) is 30.6. The molecule has 3 N–H and O–H groups in total. The predicted octanol–water partition coefficient (Wildman–Crippen LogP) is 5.13. The first-order chi connectivity index (χ1) is 20.1. The Labute approximate surface area is 252 Å². The lowest BCUT2D eigenvalue weighted by atomic mass is 10.2. The molecule has 0 fully saturated rings. The molecule has 2 aromatic rings. The van der Waals surface area contributed by atoms with Crippen molar-refractivity contribution in [2.24, 2.45) is 4.99 Å². The second-order valence-corrected chi connectivity index (χ2v) is 10.5. The maximum absolute atomic E-state index is 11.8. The van der Waals surface area contributed by atoms with E-state index in [0.29, 0.717) is 42.8 Å². The molecule has 0 aliphatic carbocycles. The van der Waals surface area contributed by atoms with Crippen molar-refractivity contribution in [3.8, 4) is 11.9 Å². The largest absolute Gasteiger partial charge is 0.513 e. The number of pyridine rings is 1. The molecule has 0 unspecified atom stereocenters. The summed E-state index contributed by atoms with van der Waals surface area (Å²) in [4.78, 5) is 27.8. The quantitative estimate of drug-likeness (QED) is 0.0479. The Bertz CT molecular complexity index is 1160. The Hall–Kier alpha value is -4.24. The third kappa shape index (κ3) is 16.1. The highest BCUT2D eigenvalue weighted by Crippen LogP contribution is 2.16. The Morgan fingerprint density at radius 2 is 1.69 bits per heavy atom. The topological polar surface area (TPSA) is 147 Å². The van der Waals surface area contributed by atoms with Gasteiger partial charge in [-0.2, -0.15) is 9.83 Å². The van der Waals surface area contributed by atoms with Gasteiger partial charge in [0.15, 0.2) is 18.6 Å². The molecule has 13 heteroatoms. The number of hydrogen-bond acceptors (Lipinski definition) is 8. The minimum Gasteiger partial charge on any atom is -0.494 e. The van der Waals surface area contributed by atoms with Crippen LogP contribution in [0.5, 0.6) is 5.75 Å². The number of hydrogen-bond donors (Lipinski definition) is 3. The van der Waals surface area contributed by atoms with Crippen molar-refractivity contribution >= 4 is 35.5 Å². The molecule has 1 aromatic carbocycles. The van der Waals surface area contributed by atoms with Crippen LogP contribution < -0.4 is 25.3 Å². The summed E-state index contributed by atoms with van der Waals surface area (Å²) in [6.07, 6.45) is 8.19. The molecule has 0 aliphatic heterocycles. The number of alkyl carbamates (subject to hydrolysis) is 1. The van der Waals surface area contributed by atoms with Gasteiger partial charge in [-0.25, -0.2) is 9.59 Å². The van der Waals surface area contributed by atoms with E-state index >= 15 is 0 Å². The van der Waals surface area contributed by atoms with Crippen LogP contribution in [0.4, 0.5) is 15.3 Å². The standard InChI is InChI=1S/C29H39ClN6O6/c1-29(2,3)42-27(37)33-16-8-20-40-28(38)41-22-36-17-13-24(14-18-36)35-26(34-21-31)32-15-6-4-5-7-19-39-25-11-9-23(30)10-12-25/h9-14,17-18H,4-8,15-16,19-20,22H2,1-3H3,(H2,32,33,34,37)/p+1. The van der Waals surface area contributed by atoms with Crippen LogP contribution in [-0.2, 0) is 20.9 Å². The van der Waals surface area contributed by atoms with E-state index in [1.165, 1.54) is 0 Å². The SMILES string of the molecule is CC(C)(C)OC(=O)NCCCOC(=O)OC[n+]1ccc(NC(=NCCCCCCOc2ccc(Cl)cc2)NC#N)cc1. The van der Waals surface area contributed by atoms with Crippen molar-refractivity contribution in [1.29, 1.82) is 5.26 Å². The van der Waals surface area contributed by atoms with Crippen LogP contribution in [0.25, 0.3) is 0 Å². The highest BCUT2D eigenvalue weighted by Gasteiger charge is 2.15. The molecule has 1 heterocycles. The van der Waals surface area contributed by atoms with Gasteiger partial charge in [0.25, 0.3) is 6.73 Å². The van der Waals surface area contributed by atoms with E-state index in [2.05, 4.69) is 20.9 Å². The second kappa shape index (κ2) is 19.0. The number of aromatic nitrogens is 1. The molecule has 0 saturated heterocycles. The van der Waals surface area contributed by atoms with Crippen LogP contribution in [0, 0.1) is 11.5 Å².